The molecule has 1 aromatic carbocycles. The van der Waals surface area contributed by atoms with E-state index in [1.54, 1.807) is 31.2 Å². The molecule has 0 atom stereocenters. The second-order valence-corrected chi connectivity index (χ2v) is 7.44. The predicted molar refractivity (Wildman–Crippen MR) is 99.6 cm³/mol. The van der Waals surface area contributed by atoms with E-state index in [4.69, 9.17) is 4.42 Å². The van der Waals surface area contributed by atoms with E-state index in [9.17, 15) is 14.8 Å². The van der Waals surface area contributed by atoms with Crippen LogP contribution in [-0.4, -0.2) is 29.9 Å². The summed E-state index contributed by atoms with van der Waals surface area (Å²) in [6.45, 7) is 5.89. The van der Waals surface area contributed by atoms with Gasteiger partial charge < -0.3 is 19.7 Å². The number of hydrogen-bond donors (Lipinski definition) is 2. The number of anilines is 1. The number of carbonyl (C=O) groups is 2. The average Bonchev–Trinajstić information content (AvgIpc) is 2.96. The number of nitrogens with zero attached hydrogens (tertiary/aromatic N) is 1. The molecule has 0 saturated heterocycles. The molecular weight excluding hydrogens is 348 g/mol. The number of oxime groups is 1. The number of rotatable bonds is 3. The highest BCUT2D eigenvalue weighted by molar-refractivity contribution is 6.09. The molecule has 7 nitrogen and oxygen atoms in total. The Hall–Kier alpha value is -3.09. The number of methoxy groups -OCH3 is 1. The summed E-state index contributed by atoms with van der Waals surface area (Å²) in [5.74, 6) is 0.00214. The Balaban J connectivity index is 1.86. The molecule has 1 aliphatic carbocycles. The maximum Gasteiger partial charge on any atom is 0.337 e. The first-order valence-corrected chi connectivity index (χ1v) is 8.59. The molecule has 1 aliphatic rings. The molecule has 3 rings (SSSR count). The fraction of sp³-hybridized carbons (Fsp3) is 0.350. The van der Waals surface area contributed by atoms with Crippen LogP contribution >= 0.6 is 0 Å². The van der Waals surface area contributed by atoms with Crippen molar-refractivity contribution >= 4 is 23.3 Å². The lowest BCUT2D eigenvalue weighted by Crippen LogP contribution is -2.27. The van der Waals surface area contributed by atoms with Crippen LogP contribution in [0.15, 0.2) is 33.8 Å². The Morgan fingerprint density at radius 3 is 2.48 bits per heavy atom. The molecule has 2 aromatic rings. The van der Waals surface area contributed by atoms with Crippen molar-refractivity contribution in [2.24, 2.45) is 10.6 Å². The van der Waals surface area contributed by atoms with Crippen LogP contribution in [0.3, 0.4) is 0 Å². The number of fused-ring (bicyclic) bond motifs is 1. The molecule has 0 radical (unpaired) electrons. The summed E-state index contributed by atoms with van der Waals surface area (Å²) in [4.78, 5) is 24.2. The SMILES string of the molecule is COC(=O)c1ccc(NC(=O)c2oc3c(c2C)/C(=N\O)CC(C)(C)C3)cc1. The molecule has 1 aromatic heterocycles. The Bertz CT molecular complexity index is 923. The number of nitrogens with one attached hydrogen (secondary N) is 1. The van der Waals surface area contributed by atoms with Crippen molar-refractivity contribution in [2.75, 3.05) is 12.4 Å². The van der Waals surface area contributed by atoms with Crippen molar-refractivity contribution < 1.29 is 24.0 Å². The van der Waals surface area contributed by atoms with Gasteiger partial charge in [0.2, 0.25) is 0 Å². The van der Waals surface area contributed by atoms with Crippen LogP contribution in [0, 0.1) is 12.3 Å². The molecule has 1 amide bonds. The lowest BCUT2D eigenvalue weighted by Gasteiger charge is -2.28. The van der Waals surface area contributed by atoms with Gasteiger partial charge in [-0.1, -0.05) is 19.0 Å². The minimum atomic E-state index is -0.444. The van der Waals surface area contributed by atoms with E-state index in [0.717, 1.165) is 0 Å². The van der Waals surface area contributed by atoms with Crippen molar-refractivity contribution in [3.63, 3.8) is 0 Å². The Labute approximate surface area is 157 Å². The van der Waals surface area contributed by atoms with E-state index in [-0.39, 0.29) is 11.2 Å². The Morgan fingerprint density at radius 1 is 1.22 bits per heavy atom. The summed E-state index contributed by atoms with van der Waals surface area (Å²) in [7, 11) is 1.31. The number of ether oxygens (including phenoxy) is 1. The summed E-state index contributed by atoms with van der Waals surface area (Å²) in [5, 5.41) is 15.6. The van der Waals surface area contributed by atoms with Crippen LogP contribution in [0.4, 0.5) is 5.69 Å². The van der Waals surface area contributed by atoms with Gasteiger partial charge in [0.05, 0.1) is 18.4 Å². The van der Waals surface area contributed by atoms with E-state index in [2.05, 4.69) is 29.1 Å². The Kier molecular flexibility index (Phi) is 4.78. The van der Waals surface area contributed by atoms with E-state index >= 15 is 0 Å². The zero-order chi connectivity index (χ0) is 19.8. The molecule has 0 spiro atoms. The van der Waals surface area contributed by atoms with Crippen molar-refractivity contribution in [3.8, 4) is 0 Å². The van der Waals surface area contributed by atoms with Crippen LogP contribution in [0.5, 0.6) is 0 Å². The highest BCUT2D eigenvalue weighted by Crippen LogP contribution is 2.38. The van der Waals surface area contributed by atoms with Gasteiger partial charge in [0.25, 0.3) is 5.91 Å². The summed E-state index contributed by atoms with van der Waals surface area (Å²) in [6.07, 6.45) is 1.26. The first-order valence-electron chi connectivity index (χ1n) is 8.59. The molecule has 0 saturated carbocycles. The number of amides is 1. The molecule has 0 aliphatic heterocycles. The van der Waals surface area contributed by atoms with Gasteiger partial charge in [-0.3, -0.25) is 4.79 Å². The maximum atomic E-state index is 12.7. The van der Waals surface area contributed by atoms with Gasteiger partial charge in [-0.15, -0.1) is 0 Å². The molecule has 2 N–H and O–H groups in total. The number of carbonyl (C=O) groups excluding carboxylic acids is 2. The van der Waals surface area contributed by atoms with Gasteiger partial charge in [-0.2, -0.15) is 0 Å². The highest BCUT2D eigenvalue weighted by Gasteiger charge is 2.36. The third kappa shape index (κ3) is 3.58. The number of hydrogen-bond acceptors (Lipinski definition) is 6. The topological polar surface area (TPSA) is 101 Å². The molecule has 1 heterocycles. The van der Waals surface area contributed by atoms with Crippen molar-refractivity contribution in [3.05, 3.63) is 52.5 Å². The molecule has 0 unspecified atom stereocenters. The number of furan rings is 1. The monoisotopic (exact) mass is 370 g/mol. The lowest BCUT2D eigenvalue weighted by molar-refractivity contribution is 0.0600. The highest BCUT2D eigenvalue weighted by atomic mass is 16.5. The Morgan fingerprint density at radius 2 is 1.89 bits per heavy atom. The second-order valence-electron chi connectivity index (χ2n) is 7.44. The maximum absolute atomic E-state index is 12.7. The molecule has 142 valence electrons. The molecular formula is C20H22N2O5. The van der Waals surface area contributed by atoms with E-state index in [0.29, 0.717) is 46.7 Å². The molecule has 27 heavy (non-hydrogen) atoms. The van der Waals surface area contributed by atoms with E-state index < -0.39 is 11.9 Å². The smallest absolute Gasteiger partial charge is 0.337 e. The van der Waals surface area contributed by atoms with Crippen LogP contribution < -0.4 is 5.32 Å². The van der Waals surface area contributed by atoms with Gasteiger partial charge in [0.15, 0.2) is 5.76 Å². The fourth-order valence-corrected chi connectivity index (χ4v) is 3.41. The summed E-state index contributed by atoms with van der Waals surface area (Å²) in [6, 6.07) is 6.37. The summed E-state index contributed by atoms with van der Waals surface area (Å²) in [5.41, 5.74) is 2.70. The lowest BCUT2D eigenvalue weighted by atomic mass is 9.75. The third-order valence-corrected chi connectivity index (χ3v) is 4.68. The number of esters is 1. The van der Waals surface area contributed by atoms with E-state index in [1.165, 1.54) is 7.11 Å². The zero-order valence-corrected chi connectivity index (χ0v) is 15.8. The van der Waals surface area contributed by atoms with Crippen molar-refractivity contribution in [1.29, 1.82) is 0 Å². The second kappa shape index (κ2) is 6.90. The van der Waals surface area contributed by atoms with Gasteiger partial charge in [-0.25, -0.2) is 4.79 Å². The molecule has 0 bridgehead atoms. The predicted octanol–water partition coefficient (Wildman–Crippen LogP) is 3.78. The van der Waals surface area contributed by atoms with E-state index in [1.807, 2.05) is 0 Å². The minimum absolute atomic E-state index is 0.115. The largest absolute Gasteiger partial charge is 0.465 e. The standard InChI is InChI=1S/C20H22N2O5/c1-11-16-14(22-25)9-20(2,3)10-15(16)27-17(11)18(23)21-13-7-5-12(6-8-13)19(24)26-4/h5-8,25H,9-10H2,1-4H3,(H,21,23)/b22-14-. The van der Waals surface area contributed by atoms with Crippen LogP contribution in [0.1, 0.15) is 58.1 Å². The van der Waals surface area contributed by atoms with Crippen LogP contribution in [-0.2, 0) is 11.2 Å². The summed E-state index contributed by atoms with van der Waals surface area (Å²) >= 11 is 0. The van der Waals surface area contributed by atoms with Crippen molar-refractivity contribution in [1.82, 2.24) is 0 Å². The average molecular weight is 370 g/mol. The fourth-order valence-electron chi connectivity index (χ4n) is 3.41. The van der Waals surface area contributed by atoms with Crippen molar-refractivity contribution in [2.45, 2.75) is 33.6 Å². The normalized spacial score (nSPS) is 16.7. The molecule has 7 heteroatoms. The van der Waals surface area contributed by atoms with Gasteiger partial charge >= 0.3 is 5.97 Å². The first kappa shape index (κ1) is 18.7. The van der Waals surface area contributed by atoms with Gasteiger partial charge in [-0.05, 0) is 43.0 Å². The number of benzene rings is 1. The minimum Gasteiger partial charge on any atom is -0.465 e. The van der Waals surface area contributed by atoms with Crippen LogP contribution in [0.2, 0.25) is 0 Å². The van der Waals surface area contributed by atoms with Gasteiger partial charge in [0.1, 0.15) is 5.76 Å². The molecule has 0 fully saturated rings. The van der Waals surface area contributed by atoms with Crippen LogP contribution in [0.25, 0.3) is 0 Å². The quantitative estimate of drug-likeness (QED) is 0.486. The third-order valence-electron chi connectivity index (χ3n) is 4.68. The van der Waals surface area contributed by atoms with Gasteiger partial charge in [0, 0.05) is 23.2 Å². The summed E-state index contributed by atoms with van der Waals surface area (Å²) < 4.78 is 10.5. The first-order chi connectivity index (χ1) is 12.8. The zero-order valence-electron chi connectivity index (χ0n) is 15.8.